The molecule has 0 saturated carbocycles. The van der Waals surface area contributed by atoms with Crippen LogP contribution in [0.2, 0.25) is 20.1 Å². The van der Waals surface area contributed by atoms with Crippen LogP contribution in [0.4, 0.5) is 0 Å². The lowest BCUT2D eigenvalue weighted by molar-refractivity contribution is -0.434. The highest BCUT2D eigenvalue weighted by Crippen LogP contribution is 2.25. The van der Waals surface area contributed by atoms with E-state index in [1.165, 1.54) is 13.2 Å². The van der Waals surface area contributed by atoms with Crippen molar-refractivity contribution in [1.29, 1.82) is 5.41 Å². The largest absolute Gasteiger partial charge is 0.386 e. The van der Waals surface area contributed by atoms with Crippen molar-refractivity contribution in [3.63, 3.8) is 0 Å². The summed E-state index contributed by atoms with van der Waals surface area (Å²) in [6, 6.07) is 10.3. The van der Waals surface area contributed by atoms with Crippen LogP contribution in [0.5, 0.6) is 0 Å². The number of halogens is 5. The fraction of sp³-hybridized carbons (Fsp3) is 0.238. The van der Waals surface area contributed by atoms with Crippen LogP contribution in [-0.2, 0) is 20.5 Å². The van der Waals surface area contributed by atoms with E-state index in [0.29, 0.717) is 36.9 Å². The molecule has 2 aromatic rings. The summed E-state index contributed by atoms with van der Waals surface area (Å²) < 4.78 is 13.2. The van der Waals surface area contributed by atoms with Crippen molar-refractivity contribution < 1.29 is 23.6 Å². The average molecular weight is 672 g/mol. The minimum Gasteiger partial charge on any atom is -0.386 e. The predicted molar refractivity (Wildman–Crippen MR) is 165 cm³/mol. The first-order valence-electron chi connectivity index (χ1n) is 9.53. The van der Waals surface area contributed by atoms with Crippen molar-refractivity contribution in [2.24, 2.45) is 33.1 Å². The zero-order valence-corrected chi connectivity index (χ0v) is 24.9. The van der Waals surface area contributed by atoms with E-state index in [1.54, 1.807) is 43.3 Å². The Kier molecular flexibility index (Phi) is 27.9. The van der Waals surface area contributed by atoms with Gasteiger partial charge < -0.3 is 23.0 Å². The average Bonchev–Trinajstić information content (AvgIpc) is 2.78. The van der Waals surface area contributed by atoms with E-state index in [2.05, 4.69) is 25.3 Å². The fourth-order valence-electron chi connectivity index (χ4n) is 2.00. The summed E-state index contributed by atoms with van der Waals surface area (Å²) >= 11 is 21.9. The van der Waals surface area contributed by atoms with Gasteiger partial charge in [0.2, 0.25) is 5.96 Å². The van der Waals surface area contributed by atoms with Crippen LogP contribution in [0.25, 0.3) is 0 Å². The van der Waals surface area contributed by atoms with E-state index < -0.39 is 11.1 Å². The number of aliphatic imine (C=N–C) groups is 1. The van der Waals surface area contributed by atoms with Crippen LogP contribution in [0, 0.1) is 5.41 Å². The molecule has 0 aliphatic heterocycles. The van der Waals surface area contributed by atoms with Crippen molar-refractivity contribution in [2.75, 3.05) is 12.8 Å². The molecule has 0 saturated heterocycles. The summed E-state index contributed by atoms with van der Waals surface area (Å²) in [5.41, 5.74) is 16.4. The maximum Gasteiger partial charge on any atom is 0.208 e. The maximum atomic E-state index is 10.9. The number of benzene rings is 2. The second-order valence-electron chi connectivity index (χ2n) is 6.27. The lowest BCUT2D eigenvalue weighted by atomic mass is 10.1. The van der Waals surface area contributed by atoms with Gasteiger partial charge in [0.15, 0.2) is 16.9 Å². The highest BCUT2D eigenvalue weighted by molar-refractivity contribution is 7.79. The monoisotopic (exact) mass is 669 g/mol. The van der Waals surface area contributed by atoms with Crippen molar-refractivity contribution in [3.05, 3.63) is 67.6 Å². The molecule has 0 aliphatic carbocycles. The number of nitrogens with two attached hydrogens (primary N) is 4. The molecule has 0 radical (unpaired) electrons. The Morgan fingerprint density at radius 3 is 1.54 bits per heavy atom. The Bertz CT molecular complexity index is 1080. The van der Waals surface area contributed by atoms with Crippen molar-refractivity contribution in [3.8, 4) is 0 Å². The molecule has 0 spiro atoms. The molecule has 0 fully saturated rings. The predicted octanol–water partition coefficient (Wildman–Crippen LogP) is 4.83. The van der Waals surface area contributed by atoms with Gasteiger partial charge in [0.1, 0.15) is 5.84 Å². The van der Waals surface area contributed by atoms with E-state index in [1.807, 2.05) is 0 Å². The van der Waals surface area contributed by atoms with E-state index >= 15 is 0 Å². The van der Waals surface area contributed by atoms with Gasteiger partial charge in [-0.1, -0.05) is 71.0 Å². The van der Waals surface area contributed by atoms with Crippen LogP contribution in [-0.4, -0.2) is 45.6 Å². The number of Topliss-reactive ketones (excluding diaryl/α,β-unsaturated/α-hetero) is 1. The summed E-state index contributed by atoms with van der Waals surface area (Å²) in [6.45, 7) is 3.39. The van der Waals surface area contributed by atoms with E-state index in [0.717, 1.165) is 0 Å². The van der Waals surface area contributed by atoms with E-state index in [9.17, 15) is 9.00 Å². The fourth-order valence-corrected chi connectivity index (χ4v) is 3.42. The summed E-state index contributed by atoms with van der Waals surface area (Å²) in [7, 11) is 0. The number of carbonyl (C=O) groups excluding carboxylic acids is 1. The molecular formula is C21H32Cl5N7O5S. The minimum absolute atomic E-state index is 0. The molecule has 12 nitrogen and oxygen atoms in total. The zero-order valence-electron chi connectivity index (χ0n) is 20.3. The van der Waals surface area contributed by atoms with Crippen LogP contribution >= 0.6 is 58.8 Å². The summed E-state index contributed by atoms with van der Waals surface area (Å²) in [4.78, 5) is 15.0. The number of carbonyl (C=O) groups is 1. The third kappa shape index (κ3) is 21.3. The number of amidine groups is 1. The number of nitrogens with one attached hydrogen (secondary N) is 1. The highest BCUT2D eigenvalue weighted by Gasteiger charge is 2.09. The Labute approximate surface area is 256 Å². The highest BCUT2D eigenvalue weighted by atomic mass is 35.5. The minimum atomic E-state index is -1.54. The number of hydrogen-bond donors (Lipinski definition) is 6. The van der Waals surface area contributed by atoms with Gasteiger partial charge in [0.05, 0.1) is 32.2 Å². The van der Waals surface area contributed by atoms with Crippen molar-refractivity contribution in [1.82, 2.24) is 0 Å². The lowest BCUT2D eigenvalue weighted by Crippen LogP contribution is -2.23. The van der Waals surface area contributed by atoms with Gasteiger partial charge >= 0.3 is 0 Å². The van der Waals surface area contributed by atoms with Gasteiger partial charge in [0, 0.05) is 17.5 Å². The normalized spacial score (nSPS) is 10.2. The zero-order chi connectivity index (χ0) is 29.1. The Morgan fingerprint density at radius 2 is 1.33 bits per heavy atom. The molecule has 1 unspecified atom stereocenters. The molecule has 10 N–H and O–H groups in total. The number of guanidine groups is 1. The molecule has 0 aromatic heterocycles. The van der Waals surface area contributed by atoms with Gasteiger partial charge in [-0.2, -0.15) is 0 Å². The van der Waals surface area contributed by atoms with Crippen LogP contribution in [0.3, 0.4) is 0 Å². The Hall–Kier alpha value is -2.20. The first-order chi connectivity index (χ1) is 17.2. The van der Waals surface area contributed by atoms with E-state index in [-0.39, 0.29) is 44.0 Å². The molecule has 0 amide bonds. The molecule has 2 rings (SSSR count). The Morgan fingerprint density at radius 1 is 0.974 bits per heavy atom. The van der Waals surface area contributed by atoms with Gasteiger partial charge in [-0.15, -0.1) is 21.8 Å². The maximum absolute atomic E-state index is 10.9. The van der Waals surface area contributed by atoms with Crippen LogP contribution in [0.1, 0.15) is 37.2 Å². The number of rotatable bonds is 6. The number of nitrogens with zero attached hydrogens (tertiary/aromatic N) is 2. The number of hydrogen-bond acceptors (Lipinski definition) is 9. The summed E-state index contributed by atoms with van der Waals surface area (Å²) in [6.07, 6.45) is 1.22. The third-order valence-electron chi connectivity index (χ3n) is 3.40. The first kappa shape index (κ1) is 43.8. The molecule has 18 heteroatoms. The molecule has 222 valence electrons. The van der Waals surface area contributed by atoms with Crippen molar-refractivity contribution in [2.45, 2.75) is 21.3 Å². The topological polar surface area (TPSA) is 225 Å². The molecule has 39 heavy (non-hydrogen) atoms. The summed E-state index contributed by atoms with van der Waals surface area (Å²) in [5, 5.41) is 22.2. The van der Waals surface area contributed by atoms with Crippen molar-refractivity contribution >= 4 is 93.2 Å². The smallest absolute Gasteiger partial charge is 0.208 e. The second-order valence-corrected chi connectivity index (χ2v) is 8.84. The lowest BCUT2D eigenvalue weighted by Gasteiger charge is -2.06. The molecule has 0 bridgehead atoms. The van der Waals surface area contributed by atoms with Crippen LogP contribution < -0.4 is 23.0 Å². The molecule has 0 aliphatic rings. The van der Waals surface area contributed by atoms with Gasteiger partial charge in [-0.05, 0) is 38.1 Å². The van der Waals surface area contributed by atoms with Crippen LogP contribution in [0.15, 0.2) is 46.5 Å². The van der Waals surface area contributed by atoms with Gasteiger partial charge in [-0.3, -0.25) is 15.2 Å². The second kappa shape index (κ2) is 24.8. The Balaban J connectivity index is -0.000000225. The summed E-state index contributed by atoms with van der Waals surface area (Å²) in [5.74, 6) is 4.32. The molecular weight excluding hydrogens is 640 g/mol. The number of ketones is 1. The number of hydrazone groups is 1. The molecule has 2 aromatic carbocycles. The SMILES string of the molecule is C.CC(=NCC(=N)N)c1c(Cl)cccc1Cl.CC(=O)c1c(Cl)cccc1Cl.CS(=O)OOO.Cl.NN=C(N)N. The van der Waals surface area contributed by atoms with Gasteiger partial charge in [0.25, 0.3) is 0 Å². The van der Waals surface area contributed by atoms with E-state index in [4.69, 9.17) is 74.3 Å². The molecule has 0 heterocycles. The van der Waals surface area contributed by atoms with Gasteiger partial charge in [-0.25, -0.2) is 9.47 Å². The third-order valence-corrected chi connectivity index (χ3v) is 4.91. The molecule has 1 atom stereocenters. The standard InChI is InChI=1S/C10H11Cl2N3.C8H6Cl2O.CH6N4.CH4O4S.CH4.ClH/c1-6(15-5-9(13)14)10-7(11)3-2-4-8(10)12;1-5(11)8-6(9)3-2-4-7(8)10;2-1(3)5-4;1-6(3)5-4-2;;/h2-4H,5H2,1H3,(H3,13,14);2-4H,1H3;4H2,(H4,2,3,5);2H,1H3;1H4;1H. The quantitative estimate of drug-likeness (QED) is 0.0617. The first-order valence-corrected chi connectivity index (χ1v) is 12.5.